The van der Waals surface area contributed by atoms with E-state index in [1.807, 2.05) is 0 Å². The Kier molecular flexibility index (Phi) is 7.26. The molecule has 0 bridgehead atoms. The van der Waals surface area contributed by atoms with Gasteiger partial charge in [0.15, 0.2) is 0 Å². The van der Waals surface area contributed by atoms with E-state index in [-0.39, 0.29) is 0 Å². The van der Waals surface area contributed by atoms with Gasteiger partial charge in [0.25, 0.3) is 0 Å². The van der Waals surface area contributed by atoms with Gasteiger partial charge >= 0.3 is 0 Å². The van der Waals surface area contributed by atoms with Crippen LogP contribution >= 0.6 is 0 Å². The van der Waals surface area contributed by atoms with Gasteiger partial charge in [-0.3, -0.25) is 0 Å². The number of nitrogens with zero attached hydrogens (tertiary/aromatic N) is 1. The van der Waals surface area contributed by atoms with E-state index in [0.29, 0.717) is 0 Å². The molecular weight excluding hydrogens is 170 g/mol. The highest BCUT2D eigenvalue weighted by Crippen LogP contribution is 2.09. The zero-order chi connectivity index (χ0) is 11.0. The number of rotatable bonds is 8. The largest absolute Gasteiger partial charge is 0.328 e. The van der Waals surface area contributed by atoms with Crippen LogP contribution in [-0.2, 0) is 0 Å². The van der Waals surface area contributed by atoms with Gasteiger partial charge in [0, 0.05) is 0 Å². The van der Waals surface area contributed by atoms with E-state index < -0.39 is 0 Å². The number of hydrogen-bond acceptors (Lipinski definition) is 0. The topological polar surface area (TPSA) is 0 Å². The Labute approximate surface area is 91.1 Å². The standard InChI is InChI=1S/C13H30N/c1-6-7-8-9-11-14(4,5)12-10-13(2)3/h13H,6-12H2,1-5H3/q+1. The first-order valence-corrected chi connectivity index (χ1v) is 6.30. The molecule has 14 heavy (non-hydrogen) atoms. The average molecular weight is 200 g/mol. The maximum Gasteiger partial charge on any atom is 0.0784 e. The van der Waals surface area contributed by atoms with Crippen LogP contribution in [0.2, 0.25) is 0 Å². The van der Waals surface area contributed by atoms with Crippen molar-refractivity contribution in [3.63, 3.8) is 0 Å². The zero-order valence-electron chi connectivity index (χ0n) is 11.0. The summed E-state index contributed by atoms with van der Waals surface area (Å²) >= 11 is 0. The first-order chi connectivity index (χ1) is 6.48. The lowest BCUT2D eigenvalue weighted by Gasteiger charge is -2.30. The third kappa shape index (κ3) is 8.55. The van der Waals surface area contributed by atoms with E-state index in [0.717, 1.165) is 5.92 Å². The highest BCUT2D eigenvalue weighted by atomic mass is 15.3. The molecule has 0 aliphatic carbocycles. The van der Waals surface area contributed by atoms with E-state index in [9.17, 15) is 0 Å². The van der Waals surface area contributed by atoms with Crippen molar-refractivity contribution in [2.75, 3.05) is 27.2 Å². The van der Waals surface area contributed by atoms with Gasteiger partial charge in [0.05, 0.1) is 27.2 Å². The minimum absolute atomic E-state index is 0.850. The van der Waals surface area contributed by atoms with Gasteiger partial charge in [-0.1, -0.05) is 33.6 Å². The Morgan fingerprint density at radius 3 is 2.07 bits per heavy atom. The van der Waals surface area contributed by atoms with Crippen molar-refractivity contribution < 1.29 is 4.48 Å². The number of hydrogen-bond donors (Lipinski definition) is 0. The van der Waals surface area contributed by atoms with Gasteiger partial charge in [-0.25, -0.2) is 0 Å². The van der Waals surface area contributed by atoms with Gasteiger partial charge in [-0.05, 0) is 25.2 Å². The summed E-state index contributed by atoms with van der Waals surface area (Å²) in [5.74, 6) is 0.850. The molecule has 0 saturated carbocycles. The first kappa shape index (κ1) is 14.0. The van der Waals surface area contributed by atoms with Crippen LogP contribution in [0.15, 0.2) is 0 Å². The molecule has 1 heteroatoms. The summed E-state index contributed by atoms with van der Waals surface area (Å²) in [6.07, 6.45) is 6.93. The molecule has 0 rings (SSSR count). The average Bonchev–Trinajstić information content (AvgIpc) is 2.10. The summed E-state index contributed by atoms with van der Waals surface area (Å²) in [6, 6.07) is 0. The smallest absolute Gasteiger partial charge is 0.0784 e. The second-order valence-electron chi connectivity index (χ2n) is 5.63. The fourth-order valence-corrected chi connectivity index (χ4v) is 1.69. The highest BCUT2D eigenvalue weighted by molar-refractivity contribution is 4.45. The van der Waals surface area contributed by atoms with Crippen LogP contribution in [-0.4, -0.2) is 31.7 Å². The molecule has 0 saturated heterocycles. The molecule has 0 amide bonds. The van der Waals surface area contributed by atoms with Crippen molar-refractivity contribution >= 4 is 0 Å². The lowest BCUT2D eigenvalue weighted by atomic mass is 10.1. The Bertz CT molecular complexity index is 127. The van der Waals surface area contributed by atoms with Crippen LogP contribution in [0.4, 0.5) is 0 Å². The molecule has 0 radical (unpaired) electrons. The second-order valence-corrected chi connectivity index (χ2v) is 5.63. The van der Waals surface area contributed by atoms with Crippen molar-refractivity contribution in [3.8, 4) is 0 Å². The molecule has 1 nitrogen and oxygen atoms in total. The van der Waals surface area contributed by atoms with Gasteiger partial charge in [-0.2, -0.15) is 0 Å². The maximum absolute atomic E-state index is 2.37. The van der Waals surface area contributed by atoms with E-state index in [1.165, 1.54) is 49.7 Å². The fourth-order valence-electron chi connectivity index (χ4n) is 1.69. The molecule has 0 atom stereocenters. The molecule has 0 fully saturated rings. The van der Waals surface area contributed by atoms with Crippen LogP contribution in [0.1, 0.15) is 52.9 Å². The summed E-state index contributed by atoms with van der Waals surface area (Å²) < 4.78 is 1.21. The van der Waals surface area contributed by atoms with E-state index >= 15 is 0 Å². The maximum atomic E-state index is 2.37. The SMILES string of the molecule is CCCCCC[N+](C)(C)CCC(C)C. The van der Waals surface area contributed by atoms with Crippen molar-refractivity contribution in [1.29, 1.82) is 0 Å². The van der Waals surface area contributed by atoms with Crippen molar-refractivity contribution in [2.45, 2.75) is 52.9 Å². The Balaban J connectivity index is 3.50. The van der Waals surface area contributed by atoms with Crippen molar-refractivity contribution in [1.82, 2.24) is 0 Å². The van der Waals surface area contributed by atoms with Gasteiger partial charge in [-0.15, -0.1) is 0 Å². The highest BCUT2D eigenvalue weighted by Gasteiger charge is 2.14. The van der Waals surface area contributed by atoms with E-state index in [2.05, 4.69) is 34.9 Å². The summed E-state index contributed by atoms with van der Waals surface area (Å²) in [7, 11) is 4.74. The minimum atomic E-state index is 0.850. The van der Waals surface area contributed by atoms with Crippen molar-refractivity contribution in [2.24, 2.45) is 5.92 Å². The predicted molar refractivity (Wildman–Crippen MR) is 65.4 cm³/mol. The Morgan fingerprint density at radius 2 is 1.57 bits per heavy atom. The molecule has 0 aromatic carbocycles. The molecule has 0 aromatic rings. The van der Waals surface area contributed by atoms with Crippen LogP contribution < -0.4 is 0 Å². The molecule has 0 heterocycles. The monoisotopic (exact) mass is 200 g/mol. The number of quaternary nitrogens is 1. The first-order valence-electron chi connectivity index (χ1n) is 6.30. The lowest BCUT2D eigenvalue weighted by molar-refractivity contribution is -0.891. The second kappa shape index (κ2) is 7.28. The van der Waals surface area contributed by atoms with Crippen molar-refractivity contribution in [3.05, 3.63) is 0 Å². The van der Waals surface area contributed by atoms with E-state index in [4.69, 9.17) is 0 Å². The molecule has 86 valence electrons. The third-order valence-electron chi connectivity index (χ3n) is 2.93. The third-order valence-corrected chi connectivity index (χ3v) is 2.93. The summed E-state index contributed by atoms with van der Waals surface area (Å²) in [5, 5.41) is 0. The van der Waals surface area contributed by atoms with Crippen LogP contribution in [0.25, 0.3) is 0 Å². The lowest BCUT2D eigenvalue weighted by Crippen LogP contribution is -2.41. The molecular formula is C13H30N+. The van der Waals surface area contributed by atoms with Gasteiger partial charge < -0.3 is 4.48 Å². The summed E-state index contributed by atoms with van der Waals surface area (Å²) in [4.78, 5) is 0. The normalized spacial score (nSPS) is 12.4. The molecule has 0 spiro atoms. The summed E-state index contributed by atoms with van der Waals surface area (Å²) in [5.41, 5.74) is 0. The van der Waals surface area contributed by atoms with Crippen LogP contribution in [0.5, 0.6) is 0 Å². The predicted octanol–water partition coefficient (Wildman–Crippen LogP) is 3.69. The fraction of sp³-hybridized carbons (Fsp3) is 1.00. The molecule has 0 aliphatic rings. The molecule has 0 unspecified atom stereocenters. The summed E-state index contributed by atoms with van der Waals surface area (Å²) in [6.45, 7) is 9.60. The molecule has 0 N–H and O–H groups in total. The Morgan fingerprint density at radius 1 is 0.929 bits per heavy atom. The van der Waals surface area contributed by atoms with Gasteiger partial charge in [0.2, 0.25) is 0 Å². The molecule has 0 aliphatic heterocycles. The molecule has 0 aromatic heterocycles. The van der Waals surface area contributed by atoms with Crippen LogP contribution in [0.3, 0.4) is 0 Å². The Hall–Kier alpha value is -0.0400. The van der Waals surface area contributed by atoms with Crippen LogP contribution in [0, 0.1) is 5.92 Å². The van der Waals surface area contributed by atoms with Gasteiger partial charge in [0.1, 0.15) is 0 Å². The minimum Gasteiger partial charge on any atom is -0.328 e. The zero-order valence-corrected chi connectivity index (χ0v) is 11.0. The quantitative estimate of drug-likeness (QED) is 0.414. The number of unbranched alkanes of at least 4 members (excludes halogenated alkanes) is 3. The van der Waals surface area contributed by atoms with E-state index in [1.54, 1.807) is 0 Å².